The highest BCUT2D eigenvalue weighted by Crippen LogP contribution is 2.48. The fourth-order valence-corrected chi connectivity index (χ4v) is 6.44. The van der Waals surface area contributed by atoms with Crippen molar-refractivity contribution in [1.29, 1.82) is 0 Å². The van der Waals surface area contributed by atoms with E-state index in [-0.39, 0.29) is 34.8 Å². The van der Waals surface area contributed by atoms with Crippen LogP contribution in [-0.2, 0) is 19.1 Å². The van der Waals surface area contributed by atoms with E-state index in [1.165, 1.54) is 36.9 Å². The second-order valence-electron chi connectivity index (χ2n) is 8.93. The van der Waals surface area contributed by atoms with Crippen LogP contribution in [0.4, 0.5) is 10.5 Å². The number of cyclic esters (lactones) is 1. The van der Waals surface area contributed by atoms with Crippen molar-refractivity contribution < 1.29 is 44.0 Å². The SMILES string of the molecule is C[C@@H]1OC(=O)N2C(C(=O)O)=C(S[C@@H]3CN[C@H](C(=O)Nc4cccc(C(=O)O)c4)C3)[C@H](C)[C@@H]2[C@@H]1C(=O)O.Cl. The molecule has 0 bridgehead atoms. The smallest absolute Gasteiger partial charge is 0.415 e. The molecule has 14 heteroatoms. The van der Waals surface area contributed by atoms with E-state index in [1.807, 2.05) is 0 Å². The maximum Gasteiger partial charge on any atom is 0.415 e. The van der Waals surface area contributed by atoms with Crippen LogP contribution in [0.15, 0.2) is 34.9 Å². The van der Waals surface area contributed by atoms with E-state index in [1.54, 1.807) is 13.0 Å². The van der Waals surface area contributed by atoms with Crippen molar-refractivity contribution >= 4 is 59.8 Å². The van der Waals surface area contributed by atoms with Gasteiger partial charge in [0.2, 0.25) is 5.91 Å². The van der Waals surface area contributed by atoms with Gasteiger partial charge in [-0.3, -0.25) is 14.5 Å². The summed E-state index contributed by atoms with van der Waals surface area (Å²) in [7, 11) is 0. The van der Waals surface area contributed by atoms with Crippen LogP contribution in [0.1, 0.15) is 30.6 Å². The number of rotatable bonds is 7. The van der Waals surface area contributed by atoms with Crippen LogP contribution in [0.5, 0.6) is 0 Å². The molecule has 3 heterocycles. The molecule has 2 amide bonds. The number of carbonyl (C=O) groups is 5. The molecule has 0 aliphatic carbocycles. The van der Waals surface area contributed by atoms with Crippen molar-refractivity contribution in [3.63, 3.8) is 0 Å². The highest BCUT2D eigenvalue weighted by Gasteiger charge is 2.56. The van der Waals surface area contributed by atoms with Gasteiger partial charge in [-0.1, -0.05) is 13.0 Å². The van der Waals surface area contributed by atoms with Crippen molar-refractivity contribution in [3.05, 3.63) is 40.4 Å². The van der Waals surface area contributed by atoms with Gasteiger partial charge in [-0.05, 0) is 31.5 Å². The summed E-state index contributed by atoms with van der Waals surface area (Å²) in [6, 6.07) is 4.34. The standard InChI is InChI=1S/C23H25N3O9S.ClH/c1-9-16-15(21(30)31)10(2)35-23(34)26(16)17(22(32)33)18(9)36-13-7-14(24-8-13)19(27)25-12-5-3-4-11(6-12)20(28)29;/h3-6,9-10,13-16,24H,7-8H2,1-2H3,(H,25,27)(H,28,29)(H,30,31)(H,32,33);1H/t9-,10+,13+,14+,15-,16-;/m1./s1. The number of carbonyl (C=O) groups excluding carboxylic acids is 2. The molecule has 5 N–H and O–H groups in total. The number of hydrogen-bond acceptors (Lipinski definition) is 8. The van der Waals surface area contributed by atoms with Crippen LogP contribution >= 0.6 is 24.2 Å². The van der Waals surface area contributed by atoms with Gasteiger partial charge in [0.05, 0.1) is 17.6 Å². The number of anilines is 1. The van der Waals surface area contributed by atoms with Gasteiger partial charge in [-0.15, -0.1) is 24.2 Å². The van der Waals surface area contributed by atoms with Crippen LogP contribution in [0.2, 0.25) is 0 Å². The van der Waals surface area contributed by atoms with Crippen molar-refractivity contribution in [2.45, 2.75) is 43.7 Å². The zero-order valence-electron chi connectivity index (χ0n) is 19.7. The Morgan fingerprint density at radius 1 is 1.14 bits per heavy atom. The van der Waals surface area contributed by atoms with Crippen LogP contribution < -0.4 is 10.6 Å². The second kappa shape index (κ2) is 11.0. The number of hydrogen-bond donors (Lipinski definition) is 5. The average Bonchev–Trinajstić information content (AvgIpc) is 3.38. The molecule has 0 spiro atoms. The Balaban J connectivity index is 0.00000380. The summed E-state index contributed by atoms with van der Waals surface area (Å²) in [5, 5.41) is 34.3. The minimum Gasteiger partial charge on any atom is -0.481 e. The molecule has 0 aromatic heterocycles. The fourth-order valence-electron chi connectivity index (χ4n) is 4.96. The lowest BCUT2D eigenvalue weighted by Gasteiger charge is -2.39. The molecular formula is C23H26ClN3O9S. The van der Waals surface area contributed by atoms with E-state index >= 15 is 0 Å². The van der Waals surface area contributed by atoms with E-state index < -0.39 is 54.0 Å². The quantitative estimate of drug-likeness (QED) is 0.332. The van der Waals surface area contributed by atoms with Gasteiger partial charge in [0.1, 0.15) is 17.7 Å². The Labute approximate surface area is 221 Å². The second-order valence-corrected chi connectivity index (χ2v) is 10.3. The third kappa shape index (κ3) is 5.38. The Morgan fingerprint density at radius 2 is 1.84 bits per heavy atom. The number of nitrogens with one attached hydrogen (secondary N) is 2. The first kappa shape index (κ1) is 28.3. The summed E-state index contributed by atoms with van der Waals surface area (Å²) in [6.45, 7) is 3.54. The zero-order chi connectivity index (χ0) is 26.3. The van der Waals surface area contributed by atoms with Gasteiger partial charge in [-0.2, -0.15) is 0 Å². The molecule has 0 radical (unpaired) electrons. The minimum atomic E-state index is -1.36. The monoisotopic (exact) mass is 555 g/mol. The van der Waals surface area contributed by atoms with E-state index in [0.717, 1.165) is 4.90 Å². The Kier molecular flexibility index (Phi) is 8.40. The maximum absolute atomic E-state index is 12.7. The molecule has 12 nitrogen and oxygen atoms in total. The van der Waals surface area contributed by atoms with Crippen LogP contribution in [0.25, 0.3) is 0 Å². The Hall–Kier alpha value is -3.29. The zero-order valence-corrected chi connectivity index (χ0v) is 21.4. The third-order valence-electron chi connectivity index (χ3n) is 6.62. The van der Waals surface area contributed by atoms with Gasteiger partial charge in [0.15, 0.2) is 0 Å². The Bertz CT molecular complexity index is 1180. The highest BCUT2D eigenvalue weighted by atomic mass is 35.5. The molecule has 4 rings (SSSR count). The molecule has 1 aromatic carbocycles. The first-order valence-electron chi connectivity index (χ1n) is 11.2. The molecule has 2 saturated heterocycles. The predicted molar refractivity (Wildman–Crippen MR) is 134 cm³/mol. The van der Waals surface area contributed by atoms with Crippen LogP contribution in [0, 0.1) is 11.8 Å². The molecule has 0 unspecified atom stereocenters. The number of thioether (sulfide) groups is 1. The number of amides is 2. The first-order chi connectivity index (χ1) is 17.0. The number of aromatic carboxylic acids is 1. The molecule has 3 aliphatic heterocycles. The van der Waals surface area contributed by atoms with Crippen LogP contribution in [0.3, 0.4) is 0 Å². The molecule has 0 saturated carbocycles. The molecular weight excluding hydrogens is 530 g/mol. The predicted octanol–water partition coefficient (Wildman–Crippen LogP) is 2.06. The van der Waals surface area contributed by atoms with Crippen molar-refractivity contribution in [3.8, 4) is 0 Å². The number of carboxylic acid groups (broad SMARTS) is 3. The fraction of sp³-hybridized carbons (Fsp3) is 0.435. The maximum atomic E-state index is 12.7. The van der Waals surface area contributed by atoms with Gasteiger partial charge in [0, 0.05) is 28.3 Å². The highest BCUT2D eigenvalue weighted by molar-refractivity contribution is 8.03. The normalized spacial score (nSPS) is 28.7. The third-order valence-corrected chi connectivity index (χ3v) is 8.13. The number of aliphatic carboxylic acids is 2. The van der Waals surface area contributed by atoms with E-state index in [2.05, 4.69) is 10.6 Å². The van der Waals surface area contributed by atoms with Crippen molar-refractivity contribution in [2.24, 2.45) is 11.8 Å². The molecule has 200 valence electrons. The number of benzene rings is 1. The van der Waals surface area contributed by atoms with Gasteiger partial charge >= 0.3 is 24.0 Å². The number of fused-ring (bicyclic) bond motifs is 1. The largest absolute Gasteiger partial charge is 0.481 e. The topological polar surface area (TPSA) is 183 Å². The lowest BCUT2D eigenvalue weighted by molar-refractivity contribution is -0.153. The summed E-state index contributed by atoms with van der Waals surface area (Å²) >= 11 is 1.21. The number of carboxylic acids is 3. The molecule has 2 fully saturated rings. The molecule has 1 aromatic rings. The summed E-state index contributed by atoms with van der Waals surface area (Å²) in [4.78, 5) is 61.9. The lowest BCUT2D eigenvalue weighted by atomic mass is 9.86. The molecule has 37 heavy (non-hydrogen) atoms. The molecule has 6 atom stereocenters. The first-order valence-corrected chi connectivity index (χ1v) is 12.1. The van der Waals surface area contributed by atoms with Crippen molar-refractivity contribution in [2.75, 3.05) is 11.9 Å². The van der Waals surface area contributed by atoms with Gasteiger partial charge < -0.3 is 30.7 Å². The van der Waals surface area contributed by atoms with E-state index in [0.29, 0.717) is 23.6 Å². The average molecular weight is 556 g/mol. The Morgan fingerprint density at radius 3 is 2.46 bits per heavy atom. The van der Waals surface area contributed by atoms with Crippen LogP contribution in [-0.4, -0.2) is 80.1 Å². The van der Waals surface area contributed by atoms with Gasteiger partial charge in [-0.25, -0.2) is 14.4 Å². The number of ether oxygens (including phenoxy) is 1. The van der Waals surface area contributed by atoms with Gasteiger partial charge in [0.25, 0.3) is 0 Å². The summed E-state index contributed by atoms with van der Waals surface area (Å²) in [6.07, 6.45) is -1.47. The van der Waals surface area contributed by atoms with E-state index in [9.17, 15) is 34.2 Å². The number of halogens is 1. The minimum absolute atomic E-state index is 0. The summed E-state index contributed by atoms with van der Waals surface area (Å²) < 4.78 is 5.15. The summed E-state index contributed by atoms with van der Waals surface area (Å²) in [5.74, 6) is -5.70. The van der Waals surface area contributed by atoms with Crippen molar-refractivity contribution in [1.82, 2.24) is 10.2 Å². The molecule has 3 aliphatic rings. The number of nitrogens with zero attached hydrogens (tertiary/aromatic N) is 1. The summed E-state index contributed by atoms with van der Waals surface area (Å²) in [5.41, 5.74) is 0.0781. The van der Waals surface area contributed by atoms with E-state index in [4.69, 9.17) is 9.84 Å². The lowest BCUT2D eigenvalue weighted by Crippen LogP contribution is -2.56.